The molecule has 102 valence electrons. The van der Waals surface area contributed by atoms with Crippen LogP contribution in [0, 0.1) is 5.92 Å². The van der Waals surface area contributed by atoms with Gasteiger partial charge in [0, 0.05) is 5.02 Å². The molecule has 0 aliphatic heterocycles. The third-order valence-electron chi connectivity index (χ3n) is 3.23. The molecule has 2 rings (SSSR count). The van der Waals surface area contributed by atoms with Crippen LogP contribution < -0.4 is 5.32 Å². The summed E-state index contributed by atoms with van der Waals surface area (Å²) in [6, 6.07) is 10.5. The fourth-order valence-corrected chi connectivity index (χ4v) is 3.07. The summed E-state index contributed by atoms with van der Waals surface area (Å²) in [6.45, 7) is 4.25. The SMILES string of the molecule is CCNCC(Cc1ccc(Cl)cc1)Cc1ccsc1. The number of hydrogen-bond acceptors (Lipinski definition) is 2. The highest BCUT2D eigenvalue weighted by Crippen LogP contribution is 2.18. The number of nitrogens with one attached hydrogen (secondary N) is 1. The molecule has 19 heavy (non-hydrogen) atoms. The number of thiophene rings is 1. The van der Waals surface area contributed by atoms with E-state index >= 15 is 0 Å². The molecule has 0 aliphatic carbocycles. The first-order valence-electron chi connectivity index (χ1n) is 6.74. The van der Waals surface area contributed by atoms with Crippen molar-refractivity contribution in [3.05, 3.63) is 57.2 Å². The second-order valence-corrected chi connectivity index (χ2v) is 6.06. The van der Waals surface area contributed by atoms with Crippen molar-refractivity contribution in [3.63, 3.8) is 0 Å². The van der Waals surface area contributed by atoms with E-state index in [-0.39, 0.29) is 0 Å². The van der Waals surface area contributed by atoms with Crippen molar-refractivity contribution < 1.29 is 0 Å². The standard InChI is InChI=1S/C16H20ClNS/c1-2-18-11-15(10-14-7-8-19-12-14)9-13-3-5-16(17)6-4-13/h3-8,12,15,18H,2,9-11H2,1H3. The Balaban J connectivity index is 1.98. The molecule has 0 aliphatic rings. The van der Waals surface area contributed by atoms with E-state index in [0.29, 0.717) is 5.92 Å². The minimum atomic E-state index is 0.635. The largest absolute Gasteiger partial charge is 0.317 e. The number of rotatable bonds is 7. The lowest BCUT2D eigenvalue weighted by Gasteiger charge is -2.17. The van der Waals surface area contributed by atoms with Crippen LogP contribution in [-0.2, 0) is 12.8 Å². The Hall–Kier alpha value is -0.830. The summed E-state index contributed by atoms with van der Waals surface area (Å²) in [5.41, 5.74) is 2.81. The molecule has 1 heterocycles. The first-order valence-corrected chi connectivity index (χ1v) is 8.06. The minimum Gasteiger partial charge on any atom is -0.317 e. The van der Waals surface area contributed by atoms with Crippen LogP contribution in [-0.4, -0.2) is 13.1 Å². The van der Waals surface area contributed by atoms with Crippen LogP contribution in [0.5, 0.6) is 0 Å². The van der Waals surface area contributed by atoms with Crippen molar-refractivity contribution in [2.45, 2.75) is 19.8 Å². The number of hydrogen-bond donors (Lipinski definition) is 1. The molecule has 1 N–H and O–H groups in total. The van der Waals surface area contributed by atoms with Gasteiger partial charge >= 0.3 is 0 Å². The van der Waals surface area contributed by atoms with Crippen molar-refractivity contribution in [3.8, 4) is 0 Å². The normalized spacial score (nSPS) is 12.5. The molecule has 1 atom stereocenters. The van der Waals surface area contributed by atoms with E-state index in [1.807, 2.05) is 12.1 Å². The third-order valence-corrected chi connectivity index (χ3v) is 4.21. The highest BCUT2D eigenvalue weighted by Gasteiger charge is 2.11. The summed E-state index contributed by atoms with van der Waals surface area (Å²) in [4.78, 5) is 0. The van der Waals surface area contributed by atoms with Gasteiger partial charge < -0.3 is 5.32 Å². The first-order chi connectivity index (χ1) is 9.28. The smallest absolute Gasteiger partial charge is 0.0406 e. The average Bonchev–Trinajstić information content (AvgIpc) is 2.91. The van der Waals surface area contributed by atoms with E-state index in [2.05, 4.69) is 41.2 Å². The van der Waals surface area contributed by atoms with Crippen LogP contribution >= 0.6 is 22.9 Å². The van der Waals surface area contributed by atoms with Crippen molar-refractivity contribution >= 4 is 22.9 Å². The topological polar surface area (TPSA) is 12.0 Å². The molecule has 3 heteroatoms. The predicted octanol–water partition coefficient (Wildman–Crippen LogP) is 4.41. The van der Waals surface area contributed by atoms with E-state index < -0.39 is 0 Å². The van der Waals surface area contributed by atoms with Gasteiger partial charge in [0.05, 0.1) is 0 Å². The number of benzene rings is 1. The Bertz CT molecular complexity index is 464. The Morgan fingerprint density at radius 3 is 2.47 bits per heavy atom. The van der Waals surface area contributed by atoms with E-state index in [1.54, 1.807) is 11.3 Å². The van der Waals surface area contributed by atoms with Gasteiger partial charge in [0.15, 0.2) is 0 Å². The quantitative estimate of drug-likeness (QED) is 0.797. The Morgan fingerprint density at radius 1 is 1.11 bits per heavy atom. The predicted molar refractivity (Wildman–Crippen MR) is 85.2 cm³/mol. The molecule has 0 saturated carbocycles. The van der Waals surface area contributed by atoms with Crippen LogP contribution in [0.25, 0.3) is 0 Å². The zero-order valence-corrected chi connectivity index (χ0v) is 12.8. The molecule has 0 fully saturated rings. The van der Waals surface area contributed by atoms with Crippen LogP contribution in [0.15, 0.2) is 41.1 Å². The van der Waals surface area contributed by atoms with Crippen molar-refractivity contribution in [2.24, 2.45) is 5.92 Å². The maximum Gasteiger partial charge on any atom is 0.0406 e. The van der Waals surface area contributed by atoms with Crippen molar-refractivity contribution in [2.75, 3.05) is 13.1 Å². The van der Waals surface area contributed by atoms with Gasteiger partial charge in [-0.1, -0.05) is 30.7 Å². The lowest BCUT2D eigenvalue weighted by atomic mass is 9.93. The third kappa shape index (κ3) is 4.98. The maximum absolute atomic E-state index is 5.94. The van der Waals surface area contributed by atoms with Crippen LogP contribution in [0.1, 0.15) is 18.1 Å². The summed E-state index contributed by atoms with van der Waals surface area (Å²) in [5, 5.41) is 8.69. The van der Waals surface area contributed by atoms with Gasteiger partial charge in [-0.15, -0.1) is 0 Å². The summed E-state index contributed by atoms with van der Waals surface area (Å²) >= 11 is 7.71. The lowest BCUT2D eigenvalue weighted by Crippen LogP contribution is -2.25. The molecule has 1 nitrogen and oxygen atoms in total. The van der Waals surface area contributed by atoms with Gasteiger partial charge in [-0.05, 0) is 71.9 Å². The van der Waals surface area contributed by atoms with Crippen LogP contribution in [0.2, 0.25) is 5.02 Å². The molecule has 0 bridgehead atoms. The Kier molecular flexibility index (Phi) is 5.90. The molecule has 1 aromatic carbocycles. The van der Waals surface area contributed by atoms with Gasteiger partial charge in [-0.2, -0.15) is 11.3 Å². The number of halogens is 1. The second-order valence-electron chi connectivity index (χ2n) is 4.84. The van der Waals surface area contributed by atoms with Crippen LogP contribution in [0.3, 0.4) is 0 Å². The molecule has 0 saturated heterocycles. The molecule has 0 amide bonds. The molecule has 2 aromatic rings. The van der Waals surface area contributed by atoms with Crippen molar-refractivity contribution in [1.82, 2.24) is 5.32 Å². The highest BCUT2D eigenvalue weighted by atomic mass is 35.5. The van der Waals surface area contributed by atoms with Crippen molar-refractivity contribution in [1.29, 1.82) is 0 Å². The molecule has 0 radical (unpaired) electrons. The second kappa shape index (κ2) is 7.68. The molecular weight excluding hydrogens is 274 g/mol. The monoisotopic (exact) mass is 293 g/mol. The summed E-state index contributed by atoms with van der Waals surface area (Å²) in [7, 11) is 0. The summed E-state index contributed by atoms with van der Waals surface area (Å²) in [6.07, 6.45) is 2.24. The fourth-order valence-electron chi connectivity index (χ4n) is 2.26. The molecular formula is C16H20ClNS. The zero-order valence-electron chi connectivity index (χ0n) is 11.2. The summed E-state index contributed by atoms with van der Waals surface area (Å²) in [5.74, 6) is 0.635. The van der Waals surface area contributed by atoms with Crippen LogP contribution in [0.4, 0.5) is 0 Å². The maximum atomic E-state index is 5.94. The van der Waals surface area contributed by atoms with E-state index in [4.69, 9.17) is 11.6 Å². The van der Waals surface area contributed by atoms with Gasteiger partial charge in [-0.25, -0.2) is 0 Å². The highest BCUT2D eigenvalue weighted by molar-refractivity contribution is 7.07. The van der Waals surface area contributed by atoms with Gasteiger partial charge in [-0.3, -0.25) is 0 Å². The molecule has 1 unspecified atom stereocenters. The lowest BCUT2D eigenvalue weighted by molar-refractivity contribution is 0.479. The molecule has 1 aromatic heterocycles. The van der Waals surface area contributed by atoms with Gasteiger partial charge in [0.25, 0.3) is 0 Å². The average molecular weight is 294 g/mol. The fraction of sp³-hybridized carbons (Fsp3) is 0.375. The zero-order chi connectivity index (χ0) is 13.5. The Morgan fingerprint density at radius 2 is 1.84 bits per heavy atom. The van der Waals surface area contributed by atoms with E-state index in [1.165, 1.54) is 11.1 Å². The van der Waals surface area contributed by atoms with E-state index in [0.717, 1.165) is 31.0 Å². The summed E-state index contributed by atoms with van der Waals surface area (Å²) < 4.78 is 0. The van der Waals surface area contributed by atoms with E-state index in [9.17, 15) is 0 Å². The minimum absolute atomic E-state index is 0.635. The first kappa shape index (κ1) is 14.6. The Labute approximate surface area is 124 Å². The van der Waals surface area contributed by atoms with Gasteiger partial charge in [0.1, 0.15) is 0 Å². The van der Waals surface area contributed by atoms with Gasteiger partial charge in [0.2, 0.25) is 0 Å². The molecule has 0 spiro atoms.